The van der Waals surface area contributed by atoms with Crippen molar-refractivity contribution in [3.8, 4) is 5.75 Å². The first-order valence-electron chi connectivity index (χ1n) is 10.5. The van der Waals surface area contributed by atoms with Crippen molar-refractivity contribution in [2.24, 2.45) is 16.0 Å². The predicted octanol–water partition coefficient (Wildman–Crippen LogP) is 2.27. The van der Waals surface area contributed by atoms with Crippen molar-refractivity contribution in [1.82, 2.24) is 5.32 Å². The number of sulfonamides is 1. The molecule has 1 atom stereocenters. The number of esters is 2. The van der Waals surface area contributed by atoms with Gasteiger partial charge in [-0.2, -0.15) is 0 Å². The largest absolute Gasteiger partial charge is 0.506 e. The fourth-order valence-electron chi connectivity index (χ4n) is 3.16. The van der Waals surface area contributed by atoms with Crippen molar-refractivity contribution in [1.29, 1.82) is 0 Å². The molecule has 0 saturated carbocycles. The zero-order valence-electron chi connectivity index (χ0n) is 19.8. The average Bonchev–Trinajstić information content (AvgIpc) is 2.75. The number of phenols is 1. The van der Waals surface area contributed by atoms with Crippen LogP contribution in [0.3, 0.4) is 0 Å². The molecule has 1 rings (SSSR count). The number of benzene rings is 1. The number of carbonyl (C=O) groups is 3. The molecule has 0 bridgehead atoms. The van der Waals surface area contributed by atoms with E-state index in [0.29, 0.717) is 6.42 Å². The molecule has 0 fully saturated rings. The van der Waals surface area contributed by atoms with Crippen molar-refractivity contribution in [2.45, 2.75) is 45.4 Å². The second-order valence-electron chi connectivity index (χ2n) is 8.60. The van der Waals surface area contributed by atoms with E-state index < -0.39 is 38.8 Å². The zero-order valence-corrected chi connectivity index (χ0v) is 20.7. The molecule has 1 aromatic rings. The minimum absolute atomic E-state index is 0.0578. The van der Waals surface area contributed by atoms with Gasteiger partial charge in [-0.1, -0.05) is 19.6 Å². The maximum Gasteiger partial charge on any atom is 0.319 e. The van der Waals surface area contributed by atoms with Crippen LogP contribution in [-0.4, -0.2) is 51.3 Å². The molecule has 0 aliphatic rings. The van der Waals surface area contributed by atoms with Gasteiger partial charge in [-0.05, 0) is 51.8 Å². The summed E-state index contributed by atoms with van der Waals surface area (Å²) in [6.07, 6.45) is 2.07. The van der Waals surface area contributed by atoms with Crippen LogP contribution < -0.4 is 15.8 Å². The van der Waals surface area contributed by atoms with Crippen LogP contribution in [0.2, 0.25) is 0 Å². The number of hydrogen-bond acceptors (Lipinski definition) is 8. The van der Waals surface area contributed by atoms with Crippen LogP contribution in [0.15, 0.2) is 35.7 Å². The summed E-state index contributed by atoms with van der Waals surface area (Å²) in [7, 11) is -4.02. The number of nitrogens with two attached hydrogens (primary N) is 1. The van der Waals surface area contributed by atoms with Crippen molar-refractivity contribution in [3.63, 3.8) is 0 Å². The Balaban J connectivity index is 2.63. The molecule has 190 valence electrons. The summed E-state index contributed by atoms with van der Waals surface area (Å²) in [5.74, 6) is -1.34. The summed E-state index contributed by atoms with van der Waals surface area (Å²) in [5, 5.41) is 19.6. The normalized spacial score (nSPS) is 13.3. The number of primary sulfonamides is 1. The monoisotopic (exact) mass is 499 g/mol. The van der Waals surface area contributed by atoms with Crippen LogP contribution in [-0.2, 0) is 29.1 Å². The maximum atomic E-state index is 12.7. The lowest BCUT2D eigenvalue weighted by molar-refractivity contribution is -0.162. The second-order valence-corrected chi connectivity index (χ2v) is 10.2. The van der Waals surface area contributed by atoms with E-state index in [4.69, 9.17) is 14.6 Å². The number of aromatic hydroxyl groups is 1. The molecule has 0 aliphatic heterocycles. The molecular formula is C22H33N3O8S. The molecule has 0 radical (unpaired) electrons. The molecule has 11 nitrogen and oxygen atoms in total. The Labute approximate surface area is 199 Å². The molecule has 0 aromatic heterocycles. The first kappa shape index (κ1) is 28.9. The third-order valence-electron chi connectivity index (χ3n) is 5.16. The van der Waals surface area contributed by atoms with Gasteiger partial charge in [0.15, 0.2) is 0 Å². The maximum absolute atomic E-state index is 12.7. The van der Waals surface area contributed by atoms with Gasteiger partial charge >= 0.3 is 18.0 Å². The molecule has 0 aliphatic carbocycles. The molecule has 1 aromatic carbocycles. The highest BCUT2D eigenvalue weighted by Crippen LogP contribution is 2.38. The van der Waals surface area contributed by atoms with E-state index in [1.54, 1.807) is 27.7 Å². The minimum Gasteiger partial charge on any atom is -0.506 e. The Morgan fingerprint density at radius 3 is 2.38 bits per heavy atom. The minimum atomic E-state index is -4.02. The number of phenolic OH excluding ortho intramolecular Hbond substituents is 1. The van der Waals surface area contributed by atoms with Gasteiger partial charge in [-0.15, -0.1) is 0 Å². The van der Waals surface area contributed by atoms with E-state index >= 15 is 0 Å². The highest BCUT2D eigenvalue weighted by molar-refractivity contribution is 7.89. The van der Waals surface area contributed by atoms with Crippen LogP contribution >= 0.6 is 0 Å². The summed E-state index contributed by atoms with van der Waals surface area (Å²) in [4.78, 5) is 36.8. The summed E-state index contributed by atoms with van der Waals surface area (Å²) in [6, 6.07) is 2.43. The molecule has 1 unspecified atom stereocenters. The van der Waals surface area contributed by atoms with Crippen molar-refractivity contribution in [3.05, 3.63) is 30.9 Å². The summed E-state index contributed by atoms with van der Waals surface area (Å²) in [5.41, 5.74) is -2.05. The highest BCUT2D eigenvalue weighted by Gasteiger charge is 2.42. The molecular weight excluding hydrogens is 466 g/mol. The molecule has 2 amide bonds. The van der Waals surface area contributed by atoms with Crippen LogP contribution in [0.25, 0.3) is 0 Å². The lowest BCUT2D eigenvalue weighted by Gasteiger charge is -2.33. The number of amides is 2. The SMILES string of the molecule is C=CCOC(=O)C(C)(C)CC(C)(CC)C(=O)OCCNC(=O)Nc1cc(S(N)(=O)=O)ccc1O. The molecule has 34 heavy (non-hydrogen) atoms. The van der Waals surface area contributed by atoms with Gasteiger partial charge in [0.2, 0.25) is 10.0 Å². The van der Waals surface area contributed by atoms with Gasteiger partial charge in [0.05, 0.1) is 28.0 Å². The third-order valence-corrected chi connectivity index (χ3v) is 6.07. The van der Waals surface area contributed by atoms with E-state index in [2.05, 4.69) is 17.2 Å². The predicted molar refractivity (Wildman–Crippen MR) is 125 cm³/mol. The van der Waals surface area contributed by atoms with Gasteiger partial charge in [0.25, 0.3) is 0 Å². The van der Waals surface area contributed by atoms with Crippen LogP contribution in [0, 0.1) is 10.8 Å². The number of urea groups is 1. The summed E-state index contributed by atoms with van der Waals surface area (Å²) >= 11 is 0. The first-order valence-corrected chi connectivity index (χ1v) is 12.1. The Bertz CT molecular complexity index is 1020. The molecule has 0 spiro atoms. The topological polar surface area (TPSA) is 174 Å². The molecule has 5 N–H and O–H groups in total. The van der Waals surface area contributed by atoms with Crippen LogP contribution in [0.1, 0.15) is 40.5 Å². The van der Waals surface area contributed by atoms with E-state index in [9.17, 15) is 27.9 Å². The smallest absolute Gasteiger partial charge is 0.319 e. The number of rotatable bonds is 12. The number of hydrogen-bond donors (Lipinski definition) is 4. The Kier molecular flexibility index (Phi) is 10.1. The summed E-state index contributed by atoms with van der Waals surface area (Å²) in [6.45, 7) is 10.2. The molecule has 0 saturated heterocycles. The van der Waals surface area contributed by atoms with E-state index in [-0.39, 0.29) is 42.5 Å². The fraction of sp³-hybridized carbons (Fsp3) is 0.500. The molecule has 12 heteroatoms. The van der Waals surface area contributed by atoms with E-state index in [1.165, 1.54) is 6.08 Å². The van der Waals surface area contributed by atoms with Crippen molar-refractivity contribution < 1.29 is 37.4 Å². The van der Waals surface area contributed by atoms with Gasteiger partial charge in [-0.25, -0.2) is 18.4 Å². The average molecular weight is 500 g/mol. The first-order chi connectivity index (χ1) is 15.7. The Morgan fingerprint density at radius 2 is 1.82 bits per heavy atom. The third kappa shape index (κ3) is 8.34. The fourth-order valence-corrected chi connectivity index (χ4v) is 3.70. The highest BCUT2D eigenvalue weighted by atomic mass is 32.2. The Hall–Kier alpha value is -3.12. The van der Waals surface area contributed by atoms with Crippen molar-refractivity contribution >= 4 is 33.7 Å². The van der Waals surface area contributed by atoms with Crippen LogP contribution in [0.4, 0.5) is 10.5 Å². The Morgan fingerprint density at radius 1 is 1.18 bits per heavy atom. The van der Waals surface area contributed by atoms with Gasteiger partial charge in [0.1, 0.15) is 19.0 Å². The van der Waals surface area contributed by atoms with Crippen molar-refractivity contribution in [2.75, 3.05) is 25.1 Å². The van der Waals surface area contributed by atoms with Gasteiger partial charge < -0.3 is 25.2 Å². The summed E-state index contributed by atoms with van der Waals surface area (Å²) < 4.78 is 33.3. The number of anilines is 1. The lowest BCUT2D eigenvalue weighted by atomic mass is 9.72. The zero-order chi connectivity index (χ0) is 26.2. The van der Waals surface area contributed by atoms with Gasteiger partial charge in [-0.3, -0.25) is 9.59 Å². The lowest BCUT2D eigenvalue weighted by Crippen LogP contribution is -2.39. The second kappa shape index (κ2) is 11.8. The number of ether oxygens (including phenoxy) is 2. The molecule has 0 heterocycles. The standard InChI is InChI=1S/C22H33N3O8S/c1-6-11-32-18(27)21(3,4)14-22(5,7-2)19(28)33-12-10-24-20(29)25-16-13-15(34(23,30)31)8-9-17(16)26/h6,8-9,13,26H,1,7,10-12,14H2,2-5H3,(H2,23,30,31)(H2,24,25,29). The van der Waals surface area contributed by atoms with E-state index in [1.807, 2.05) is 0 Å². The van der Waals surface area contributed by atoms with Gasteiger partial charge in [0, 0.05) is 0 Å². The number of carbonyl (C=O) groups excluding carboxylic acids is 3. The number of nitrogens with one attached hydrogen (secondary N) is 2. The van der Waals surface area contributed by atoms with Crippen LogP contribution in [0.5, 0.6) is 5.75 Å². The van der Waals surface area contributed by atoms with E-state index in [0.717, 1.165) is 18.2 Å². The quantitative estimate of drug-likeness (QED) is 0.147.